The van der Waals surface area contributed by atoms with Gasteiger partial charge in [-0.15, -0.1) is 0 Å². The molecule has 2 N–H and O–H groups in total. The molecule has 0 aliphatic carbocycles. The van der Waals surface area contributed by atoms with Gasteiger partial charge >= 0.3 is 0 Å². The third-order valence-corrected chi connectivity index (χ3v) is 2.20. The summed E-state index contributed by atoms with van der Waals surface area (Å²) < 4.78 is 6.69. The van der Waals surface area contributed by atoms with Crippen LogP contribution in [0.15, 0.2) is 17.2 Å². The highest BCUT2D eigenvalue weighted by Gasteiger charge is 2.05. The lowest BCUT2D eigenvalue weighted by molar-refractivity contribution is 0.0991. The first-order valence-electron chi connectivity index (χ1n) is 5.66. The zero-order valence-corrected chi connectivity index (χ0v) is 10.2. The van der Waals surface area contributed by atoms with E-state index in [9.17, 15) is 4.79 Å². The smallest absolute Gasteiger partial charge is 0.293 e. The molecule has 0 fully saturated rings. The van der Waals surface area contributed by atoms with E-state index in [-0.39, 0.29) is 18.2 Å². The van der Waals surface area contributed by atoms with Crippen LogP contribution < -0.4 is 10.9 Å². The van der Waals surface area contributed by atoms with Crippen molar-refractivity contribution in [3.05, 3.63) is 22.7 Å². The van der Waals surface area contributed by atoms with Gasteiger partial charge in [-0.3, -0.25) is 4.79 Å². The van der Waals surface area contributed by atoms with Crippen molar-refractivity contribution >= 4 is 5.82 Å². The molecule has 0 atom stereocenters. The molecule has 6 heteroatoms. The fourth-order valence-electron chi connectivity index (χ4n) is 1.36. The van der Waals surface area contributed by atoms with E-state index in [0.717, 1.165) is 0 Å². The number of nitrogens with one attached hydrogen (secondary N) is 1. The number of aliphatic hydroxyl groups is 1. The standard InChI is InChI=1S/C11H19N3O3/c1-9(2)14-5-3-12-10(11(14)16)13-4-7-17-8-6-15/h3,5,9,15H,4,6-8H2,1-2H3,(H,12,13). The second kappa shape index (κ2) is 7.03. The van der Waals surface area contributed by atoms with Crippen molar-refractivity contribution in [3.8, 4) is 0 Å². The number of hydrogen-bond donors (Lipinski definition) is 2. The van der Waals surface area contributed by atoms with E-state index in [0.29, 0.717) is 25.6 Å². The van der Waals surface area contributed by atoms with Crippen LogP contribution in [0.1, 0.15) is 19.9 Å². The van der Waals surface area contributed by atoms with Crippen LogP contribution in [0.5, 0.6) is 0 Å². The summed E-state index contributed by atoms with van der Waals surface area (Å²) in [5, 5.41) is 11.4. The maximum Gasteiger partial charge on any atom is 0.293 e. The number of nitrogens with zero attached hydrogens (tertiary/aromatic N) is 2. The van der Waals surface area contributed by atoms with E-state index in [4.69, 9.17) is 9.84 Å². The lowest BCUT2D eigenvalue weighted by atomic mass is 10.4. The molecule has 0 aliphatic heterocycles. The summed E-state index contributed by atoms with van der Waals surface area (Å²) in [6.45, 7) is 5.11. The van der Waals surface area contributed by atoms with E-state index < -0.39 is 0 Å². The monoisotopic (exact) mass is 241 g/mol. The molecule has 1 aromatic rings. The first-order chi connectivity index (χ1) is 8.16. The zero-order chi connectivity index (χ0) is 12.7. The second-order valence-electron chi connectivity index (χ2n) is 3.84. The number of hydrogen-bond acceptors (Lipinski definition) is 5. The Kier molecular flexibility index (Phi) is 5.65. The fraction of sp³-hybridized carbons (Fsp3) is 0.636. The molecular weight excluding hydrogens is 222 g/mol. The molecule has 0 unspecified atom stereocenters. The lowest BCUT2D eigenvalue weighted by Crippen LogP contribution is -2.26. The molecular formula is C11H19N3O3. The minimum absolute atomic E-state index is 0.00371. The number of aromatic nitrogens is 2. The summed E-state index contributed by atoms with van der Waals surface area (Å²) in [6.07, 6.45) is 3.26. The van der Waals surface area contributed by atoms with E-state index in [1.165, 1.54) is 0 Å². The van der Waals surface area contributed by atoms with Crippen LogP contribution in [-0.2, 0) is 4.74 Å². The molecule has 6 nitrogen and oxygen atoms in total. The van der Waals surface area contributed by atoms with Crippen LogP contribution in [0.4, 0.5) is 5.82 Å². The fourth-order valence-corrected chi connectivity index (χ4v) is 1.36. The van der Waals surface area contributed by atoms with E-state index in [1.54, 1.807) is 17.0 Å². The van der Waals surface area contributed by atoms with E-state index in [1.807, 2.05) is 13.8 Å². The highest BCUT2D eigenvalue weighted by atomic mass is 16.5. The number of ether oxygens (including phenoxy) is 1. The Morgan fingerprint density at radius 2 is 2.29 bits per heavy atom. The third-order valence-electron chi connectivity index (χ3n) is 2.20. The van der Waals surface area contributed by atoms with Crippen molar-refractivity contribution in [2.24, 2.45) is 0 Å². The van der Waals surface area contributed by atoms with Gasteiger partial charge in [-0.25, -0.2) is 4.98 Å². The Balaban J connectivity index is 2.54. The minimum atomic E-state index is -0.135. The maximum atomic E-state index is 11.9. The van der Waals surface area contributed by atoms with Gasteiger partial charge in [-0.1, -0.05) is 0 Å². The summed E-state index contributed by atoms with van der Waals surface area (Å²) in [4.78, 5) is 15.9. The van der Waals surface area contributed by atoms with Crippen molar-refractivity contribution in [2.45, 2.75) is 19.9 Å². The van der Waals surface area contributed by atoms with Gasteiger partial charge in [0, 0.05) is 25.0 Å². The average Bonchev–Trinajstić information content (AvgIpc) is 2.30. The molecule has 0 radical (unpaired) electrons. The Morgan fingerprint density at radius 1 is 1.53 bits per heavy atom. The van der Waals surface area contributed by atoms with Crippen molar-refractivity contribution in [3.63, 3.8) is 0 Å². The topological polar surface area (TPSA) is 76.4 Å². The van der Waals surface area contributed by atoms with Gasteiger partial charge in [0.25, 0.3) is 5.56 Å². The molecule has 96 valence electrons. The molecule has 0 spiro atoms. The highest BCUT2D eigenvalue weighted by Crippen LogP contribution is 2.00. The van der Waals surface area contributed by atoms with E-state index in [2.05, 4.69) is 10.3 Å². The summed E-state index contributed by atoms with van der Waals surface area (Å²) in [6, 6.07) is 0.108. The van der Waals surface area contributed by atoms with Gasteiger partial charge in [0.1, 0.15) is 0 Å². The quantitative estimate of drug-likeness (QED) is 0.669. The first kappa shape index (κ1) is 13.7. The lowest BCUT2D eigenvalue weighted by Gasteiger charge is -2.11. The Morgan fingerprint density at radius 3 is 2.94 bits per heavy atom. The minimum Gasteiger partial charge on any atom is -0.394 e. The largest absolute Gasteiger partial charge is 0.394 e. The Labute approximate surface area is 100 Å². The van der Waals surface area contributed by atoms with Crippen molar-refractivity contribution in [2.75, 3.05) is 31.7 Å². The van der Waals surface area contributed by atoms with Crippen molar-refractivity contribution < 1.29 is 9.84 Å². The molecule has 17 heavy (non-hydrogen) atoms. The van der Waals surface area contributed by atoms with Gasteiger partial charge in [-0.05, 0) is 13.8 Å². The molecule has 0 saturated heterocycles. The summed E-state index contributed by atoms with van der Waals surface area (Å²) in [5.74, 6) is 0.328. The second-order valence-corrected chi connectivity index (χ2v) is 3.84. The maximum absolute atomic E-state index is 11.9. The molecule has 0 amide bonds. The van der Waals surface area contributed by atoms with Gasteiger partial charge in [0.2, 0.25) is 0 Å². The first-order valence-corrected chi connectivity index (χ1v) is 5.66. The molecule has 1 aromatic heterocycles. The Bertz CT molecular complexity index is 390. The molecule has 0 aromatic carbocycles. The van der Waals surface area contributed by atoms with Crippen LogP contribution in [0.25, 0.3) is 0 Å². The van der Waals surface area contributed by atoms with Crippen LogP contribution in [-0.4, -0.2) is 41.0 Å². The summed E-state index contributed by atoms with van der Waals surface area (Å²) >= 11 is 0. The van der Waals surface area contributed by atoms with Crippen LogP contribution in [0, 0.1) is 0 Å². The van der Waals surface area contributed by atoms with Crippen LogP contribution in [0.2, 0.25) is 0 Å². The zero-order valence-electron chi connectivity index (χ0n) is 10.2. The van der Waals surface area contributed by atoms with E-state index >= 15 is 0 Å². The van der Waals surface area contributed by atoms with Gasteiger partial charge in [0.05, 0.1) is 19.8 Å². The number of aliphatic hydroxyl groups excluding tert-OH is 1. The molecule has 1 heterocycles. The van der Waals surface area contributed by atoms with Crippen LogP contribution in [0.3, 0.4) is 0 Å². The molecule has 0 saturated carbocycles. The highest BCUT2D eigenvalue weighted by molar-refractivity contribution is 5.30. The predicted molar refractivity (Wildman–Crippen MR) is 65.3 cm³/mol. The van der Waals surface area contributed by atoms with Gasteiger partial charge in [0.15, 0.2) is 5.82 Å². The van der Waals surface area contributed by atoms with Crippen molar-refractivity contribution in [1.29, 1.82) is 0 Å². The SMILES string of the molecule is CC(C)n1ccnc(NCCOCCO)c1=O. The Hall–Kier alpha value is -1.40. The molecule has 0 bridgehead atoms. The van der Waals surface area contributed by atoms with Crippen LogP contribution >= 0.6 is 0 Å². The average molecular weight is 241 g/mol. The molecule has 0 aliphatic rings. The number of rotatable bonds is 7. The number of anilines is 1. The third kappa shape index (κ3) is 4.16. The van der Waals surface area contributed by atoms with Gasteiger partial charge < -0.3 is 19.7 Å². The normalized spacial score (nSPS) is 10.8. The van der Waals surface area contributed by atoms with Crippen molar-refractivity contribution in [1.82, 2.24) is 9.55 Å². The van der Waals surface area contributed by atoms with Gasteiger partial charge in [-0.2, -0.15) is 0 Å². The summed E-state index contributed by atoms with van der Waals surface area (Å²) in [5.41, 5.74) is -0.135. The predicted octanol–water partition coefficient (Wildman–Crippen LogP) is 0.245. The summed E-state index contributed by atoms with van der Waals surface area (Å²) in [7, 11) is 0. The molecule has 1 rings (SSSR count).